The zero-order chi connectivity index (χ0) is 19.8. The van der Waals surface area contributed by atoms with Gasteiger partial charge < -0.3 is 14.6 Å². The van der Waals surface area contributed by atoms with Crippen molar-refractivity contribution < 1.29 is 9.53 Å². The molecule has 0 fully saturated rings. The molecule has 0 bridgehead atoms. The molecule has 4 aromatic heterocycles. The Morgan fingerprint density at radius 3 is 2.86 bits per heavy atom. The van der Waals surface area contributed by atoms with Crippen LogP contribution in [0.5, 0.6) is 0 Å². The number of ether oxygens (including phenoxy) is 1. The topological polar surface area (TPSA) is 86.3 Å². The van der Waals surface area contributed by atoms with Crippen molar-refractivity contribution in [3.8, 4) is 11.3 Å². The summed E-state index contributed by atoms with van der Waals surface area (Å²) in [6.45, 7) is 6.30. The number of nitrogens with one attached hydrogen (secondary N) is 1. The number of fused-ring (bicyclic) bond motifs is 2. The minimum Gasteiger partial charge on any atom is -0.462 e. The first-order chi connectivity index (χ1) is 13.5. The Hall–Kier alpha value is -3.42. The third-order valence-corrected chi connectivity index (χ3v) is 4.65. The second kappa shape index (κ2) is 6.95. The molecule has 0 saturated heterocycles. The average Bonchev–Trinajstić information content (AvgIpc) is 3.29. The van der Waals surface area contributed by atoms with E-state index in [2.05, 4.69) is 40.0 Å². The Morgan fingerprint density at radius 2 is 2.14 bits per heavy atom. The van der Waals surface area contributed by atoms with Crippen molar-refractivity contribution in [3.05, 3.63) is 42.4 Å². The summed E-state index contributed by atoms with van der Waals surface area (Å²) in [7, 11) is 1.81. The van der Waals surface area contributed by atoms with Crippen LogP contribution < -0.4 is 5.32 Å². The highest BCUT2D eigenvalue weighted by atomic mass is 16.5. The van der Waals surface area contributed by atoms with Crippen LogP contribution in [-0.2, 0) is 4.74 Å². The molecule has 0 radical (unpaired) electrons. The molecule has 8 heteroatoms. The molecule has 0 aliphatic heterocycles. The van der Waals surface area contributed by atoms with E-state index in [1.54, 1.807) is 17.6 Å². The number of carbonyl (C=O) groups is 1. The summed E-state index contributed by atoms with van der Waals surface area (Å²) in [5, 5.41) is 8.43. The molecule has 4 heterocycles. The van der Waals surface area contributed by atoms with Crippen LogP contribution in [-0.4, -0.2) is 43.8 Å². The predicted octanol–water partition coefficient (Wildman–Crippen LogP) is 3.55. The summed E-state index contributed by atoms with van der Waals surface area (Å²) in [6, 6.07) is 6.12. The zero-order valence-electron chi connectivity index (χ0n) is 16.3. The smallest absolute Gasteiger partial charge is 0.343 e. The van der Waals surface area contributed by atoms with Crippen LogP contribution >= 0.6 is 0 Å². The van der Waals surface area contributed by atoms with Crippen LogP contribution in [0.2, 0.25) is 0 Å². The quantitative estimate of drug-likeness (QED) is 0.535. The van der Waals surface area contributed by atoms with Crippen LogP contribution in [0.15, 0.2) is 36.8 Å². The number of carbonyl (C=O) groups excluding carboxylic acids is 1. The van der Waals surface area contributed by atoms with E-state index in [1.807, 2.05) is 25.2 Å². The number of rotatable bonds is 5. The number of hydrogen-bond acceptors (Lipinski definition) is 6. The second-order valence-corrected chi connectivity index (χ2v) is 6.71. The molecular weight excluding hydrogens is 356 g/mol. The first-order valence-corrected chi connectivity index (χ1v) is 9.24. The van der Waals surface area contributed by atoms with Gasteiger partial charge in [-0.2, -0.15) is 9.61 Å². The first kappa shape index (κ1) is 18.0. The fourth-order valence-electron chi connectivity index (χ4n) is 3.31. The first-order valence-electron chi connectivity index (χ1n) is 9.24. The van der Waals surface area contributed by atoms with Gasteiger partial charge in [-0.1, -0.05) is 0 Å². The van der Waals surface area contributed by atoms with Crippen LogP contribution in [0.25, 0.3) is 27.9 Å². The summed E-state index contributed by atoms with van der Waals surface area (Å²) in [5.74, 6) is 0.292. The minimum absolute atomic E-state index is 0.253. The maximum Gasteiger partial charge on any atom is 0.343 e. The van der Waals surface area contributed by atoms with Gasteiger partial charge in [-0.15, -0.1) is 0 Å². The molecule has 0 aliphatic rings. The molecule has 0 atom stereocenters. The molecule has 0 spiro atoms. The number of anilines is 1. The van der Waals surface area contributed by atoms with E-state index in [9.17, 15) is 4.79 Å². The SMILES string of the molecule is CCOC(=O)c1cnn2c(NC)cc(-c3cn(C(C)C)c4ncccc34)nc12. The number of esters is 1. The van der Waals surface area contributed by atoms with E-state index >= 15 is 0 Å². The highest BCUT2D eigenvalue weighted by Crippen LogP contribution is 2.32. The Labute approximate surface area is 162 Å². The van der Waals surface area contributed by atoms with Gasteiger partial charge in [0.15, 0.2) is 5.65 Å². The Bertz CT molecular complexity index is 1170. The Kier molecular flexibility index (Phi) is 4.46. The lowest BCUT2D eigenvalue weighted by Crippen LogP contribution is -2.07. The summed E-state index contributed by atoms with van der Waals surface area (Å²) in [6.07, 6.45) is 5.33. The van der Waals surface area contributed by atoms with Crippen molar-refractivity contribution in [2.24, 2.45) is 0 Å². The van der Waals surface area contributed by atoms with Crippen LogP contribution in [0.1, 0.15) is 37.2 Å². The number of hydrogen-bond donors (Lipinski definition) is 1. The molecule has 0 saturated carbocycles. The summed E-state index contributed by atoms with van der Waals surface area (Å²) >= 11 is 0. The van der Waals surface area contributed by atoms with Crippen LogP contribution in [0.3, 0.4) is 0 Å². The normalized spacial score (nSPS) is 11.5. The van der Waals surface area contributed by atoms with Crippen molar-refractivity contribution in [2.75, 3.05) is 19.0 Å². The summed E-state index contributed by atoms with van der Waals surface area (Å²) < 4.78 is 8.88. The molecule has 4 rings (SSSR count). The van der Waals surface area contributed by atoms with E-state index in [-0.39, 0.29) is 6.04 Å². The van der Waals surface area contributed by atoms with E-state index < -0.39 is 5.97 Å². The van der Waals surface area contributed by atoms with Gasteiger partial charge in [0.1, 0.15) is 17.0 Å². The molecule has 28 heavy (non-hydrogen) atoms. The van der Waals surface area contributed by atoms with Crippen molar-refractivity contribution in [1.29, 1.82) is 0 Å². The largest absolute Gasteiger partial charge is 0.462 e. The summed E-state index contributed by atoms with van der Waals surface area (Å²) in [4.78, 5) is 21.6. The molecule has 0 aliphatic carbocycles. The fourth-order valence-corrected chi connectivity index (χ4v) is 3.31. The van der Waals surface area contributed by atoms with Crippen molar-refractivity contribution >= 4 is 28.5 Å². The second-order valence-electron chi connectivity index (χ2n) is 6.71. The van der Waals surface area contributed by atoms with Gasteiger partial charge in [0.2, 0.25) is 0 Å². The number of nitrogens with zero attached hydrogens (tertiary/aromatic N) is 5. The van der Waals surface area contributed by atoms with Gasteiger partial charge in [-0.25, -0.2) is 14.8 Å². The lowest BCUT2D eigenvalue weighted by Gasteiger charge is -2.08. The van der Waals surface area contributed by atoms with Crippen LogP contribution in [0.4, 0.5) is 5.82 Å². The van der Waals surface area contributed by atoms with Crippen molar-refractivity contribution in [1.82, 2.24) is 24.1 Å². The zero-order valence-corrected chi connectivity index (χ0v) is 16.3. The molecule has 0 amide bonds. The number of pyridine rings is 1. The number of aromatic nitrogens is 5. The third kappa shape index (κ3) is 2.77. The highest BCUT2D eigenvalue weighted by Gasteiger charge is 2.20. The Morgan fingerprint density at radius 1 is 1.32 bits per heavy atom. The highest BCUT2D eigenvalue weighted by molar-refractivity contribution is 5.98. The average molecular weight is 378 g/mol. The predicted molar refractivity (Wildman–Crippen MR) is 108 cm³/mol. The van der Waals surface area contributed by atoms with Gasteiger partial charge in [0.25, 0.3) is 0 Å². The fraction of sp³-hybridized carbons (Fsp3) is 0.300. The van der Waals surface area contributed by atoms with E-state index in [4.69, 9.17) is 9.72 Å². The molecule has 4 aromatic rings. The standard InChI is InChI=1S/C20H22N6O2/c1-5-28-20(27)14-10-23-26-17(21-4)9-16(24-19(14)26)15-11-25(12(2)3)18-13(15)7-6-8-22-18/h6-12,21H,5H2,1-4H3. The third-order valence-electron chi connectivity index (χ3n) is 4.65. The lowest BCUT2D eigenvalue weighted by atomic mass is 10.1. The minimum atomic E-state index is -0.435. The molecule has 0 unspecified atom stereocenters. The van der Waals surface area contributed by atoms with Crippen LogP contribution in [0, 0.1) is 0 Å². The van der Waals surface area contributed by atoms with Crippen molar-refractivity contribution in [3.63, 3.8) is 0 Å². The maximum absolute atomic E-state index is 12.3. The van der Waals surface area contributed by atoms with Gasteiger partial charge in [0, 0.05) is 42.5 Å². The van der Waals surface area contributed by atoms with E-state index in [1.165, 1.54) is 6.20 Å². The van der Waals surface area contributed by atoms with Crippen molar-refractivity contribution in [2.45, 2.75) is 26.8 Å². The van der Waals surface area contributed by atoms with E-state index in [0.717, 1.165) is 28.1 Å². The Balaban J connectivity index is 1.98. The molecule has 8 nitrogen and oxygen atoms in total. The summed E-state index contributed by atoms with van der Waals surface area (Å²) in [5.41, 5.74) is 3.38. The molecule has 144 valence electrons. The van der Waals surface area contributed by atoms with Gasteiger partial charge in [-0.3, -0.25) is 0 Å². The molecule has 0 aromatic carbocycles. The van der Waals surface area contributed by atoms with Gasteiger partial charge in [0.05, 0.1) is 18.5 Å². The van der Waals surface area contributed by atoms with Gasteiger partial charge >= 0.3 is 5.97 Å². The van der Waals surface area contributed by atoms with E-state index in [0.29, 0.717) is 17.8 Å². The monoisotopic (exact) mass is 378 g/mol. The lowest BCUT2D eigenvalue weighted by molar-refractivity contribution is 0.0528. The molecule has 1 N–H and O–H groups in total. The maximum atomic E-state index is 12.3. The molecular formula is C20H22N6O2. The van der Waals surface area contributed by atoms with Gasteiger partial charge in [-0.05, 0) is 32.9 Å².